The molecule has 0 amide bonds. The molecule has 0 aliphatic rings. The van der Waals surface area contributed by atoms with Gasteiger partial charge in [-0.05, 0) is 43.5 Å². The van der Waals surface area contributed by atoms with Crippen molar-refractivity contribution in [1.82, 2.24) is 10.6 Å². The lowest BCUT2D eigenvalue weighted by atomic mass is 10.1. The van der Waals surface area contributed by atoms with Crippen molar-refractivity contribution in [2.75, 3.05) is 13.1 Å². The van der Waals surface area contributed by atoms with Gasteiger partial charge in [0.25, 0.3) is 0 Å². The average Bonchev–Trinajstić information content (AvgIpc) is 3.04. The van der Waals surface area contributed by atoms with Gasteiger partial charge in [0, 0.05) is 18.1 Å². The van der Waals surface area contributed by atoms with E-state index in [1.807, 2.05) is 37.3 Å². The molecule has 1 heterocycles. The molecule has 0 fully saturated rings. The monoisotopic (exact) mass is 447 g/mol. The van der Waals surface area contributed by atoms with Gasteiger partial charge in [0.15, 0.2) is 5.96 Å². The number of guanidine groups is 1. The summed E-state index contributed by atoms with van der Waals surface area (Å²) in [6.45, 7) is 4.25. The first kappa shape index (κ1) is 19.8. The van der Waals surface area contributed by atoms with E-state index >= 15 is 0 Å². The Bertz CT molecular complexity index is 587. The number of aryl methyl sites for hydroxylation is 1. The van der Waals surface area contributed by atoms with E-state index < -0.39 is 0 Å². The standard InChI is InChI=1S/C17H22ClN3O.HI/c1-2-19-17(21-13-15-9-6-12-22-15)20-11-5-8-14-7-3-4-10-16(14)18;/h3-4,6-7,9-10,12H,2,5,8,11,13H2,1H3,(H2,19,20,21);1H. The second-order valence-electron chi connectivity index (χ2n) is 4.90. The van der Waals surface area contributed by atoms with Crippen LogP contribution in [0.4, 0.5) is 0 Å². The first-order valence-corrected chi connectivity index (χ1v) is 7.95. The van der Waals surface area contributed by atoms with Gasteiger partial charge in [-0.1, -0.05) is 29.8 Å². The van der Waals surface area contributed by atoms with Crippen LogP contribution >= 0.6 is 35.6 Å². The van der Waals surface area contributed by atoms with Crippen LogP contribution in [-0.4, -0.2) is 19.0 Å². The van der Waals surface area contributed by atoms with Gasteiger partial charge in [-0.3, -0.25) is 0 Å². The number of nitrogens with zero attached hydrogens (tertiary/aromatic N) is 1. The summed E-state index contributed by atoms with van der Waals surface area (Å²) in [5.41, 5.74) is 1.18. The highest BCUT2D eigenvalue weighted by Crippen LogP contribution is 2.16. The topological polar surface area (TPSA) is 49.6 Å². The smallest absolute Gasteiger partial charge is 0.191 e. The molecule has 2 aromatic rings. The number of hydrogen-bond acceptors (Lipinski definition) is 2. The van der Waals surface area contributed by atoms with Gasteiger partial charge in [-0.25, -0.2) is 4.99 Å². The Morgan fingerprint density at radius 3 is 2.70 bits per heavy atom. The Morgan fingerprint density at radius 1 is 1.17 bits per heavy atom. The molecule has 23 heavy (non-hydrogen) atoms. The Labute approximate surface area is 159 Å². The third-order valence-corrected chi connectivity index (χ3v) is 3.56. The third-order valence-electron chi connectivity index (χ3n) is 3.19. The lowest BCUT2D eigenvalue weighted by molar-refractivity contribution is 0.512. The summed E-state index contributed by atoms with van der Waals surface area (Å²) in [5, 5.41) is 7.39. The minimum Gasteiger partial charge on any atom is -0.467 e. The molecule has 2 N–H and O–H groups in total. The van der Waals surface area contributed by atoms with E-state index in [9.17, 15) is 0 Å². The summed E-state index contributed by atoms with van der Waals surface area (Å²) in [4.78, 5) is 4.49. The Balaban J connectivity index is 0.00000264. The van der Waals surface area contributed by atoms with Crippen molar-refractivity contribution in [2.45, 2.75) is 26.3 Å². The number of furan rings is 1. The van der Waals surface area contributed by atoms with Crippen molar-refractivity contribution in [2.24, 2.45) is 4.99 Å². The van der Waals surface area contributed by atoms with Crippen LogP contribution < -0.4 is 10.6 Å². The normalized spacial score (nSPS) is 11.0. The zero-order valence-electron chi connectivity index (χ0n) is 13.2. The van der Waals surface area contributed by atoms with Crippen molar-refractivity contribution in [3.05, 3.63) is 59.0 Å². The molecule has 2 rings (SSSR count). The summed E-state index contributed by atoms with van der Waals surface area (Å²) in [6, 6.07) is 11.8. The molecule has 1 aromatic heterocycles. The highest BCUT2D eigenvalue weighted by Gasteiger charge is 2.01. The van der Waals surface area contributed by atoms with E-state index in [1.54, 1.807) is 6.26 Å². The molecule has 0 aliphatic heterocycles. The minimum atomic E-state index is 0. The van der Waals surface area contributed by atoms with Gasteiger partial charge >= 0.3 is 0 Å². The minimum absolute atomic E-state index is 0. The molecule has 4 nitrogen and oxygen atoms in total. The molecule has 0 bridgehead atoms. The SMILES string of the molecule is CCNC(=NCc1ccco1)NCCCc1ccccc1Cl.I. The molecule has 0 spiro atoms. The van der Waals surface area contributed by atoms with Crippen LogP contribution in [0.1, 0.15) is 24.7 Å². The van der Waals surface area contributed by atoms with E-state index in [4.69, 9.17) is 16.0 Å². The fourth-order valence-electron chi connectivity index (χ4n) is 2.09. The maximum absolute atomic E-state index is 6.16. The van der Waals surface area contributed by atoms with E-state index in [0.717, 1.165) is 42.7 Å². The summed E-state index contributed by atoms with van der Waals surface area (Å²) in [7, 11) is 0. The molecule has 0 radical (unpaired) electrons. The number of aliphatic imine (C=N–C) groups is 1. The molecule has 126 valence electrons. The van der Waals surface area contributed by atoms with Crippen LogP contribution in [-0.2, 0) is 13.0 Å². The lowest BCUT2D eigenvalue weighted by Crippen LogP contribution is -2.37. The van der Waals surface area contributed by atoms with Crippen molar-refractivity contribution in [1.29, 1.82) is 0 Å². The first-order valence-electron chi connectivity index (χ1n) is 7.57. The third kappa shape index (κ3) is 7.26. The van der Waals surface area contributed by atoms with E-state index in [1.165, 1.54) is 5.56 Å². The fourth-order valence-corrected chi connectivity index (χ4v) is 2.32. The second-order valence-corrected chi connectivity index (χ2v) is 5.30. The molecule has 0 atom stereocenters. The van der Waals surface area contributed by atoms with Gasteiger partial charge in [-0.15, -0.1) is 24.0 Å². The molecule has 6 heteroatoms. The van der Waals surface area contributed by atoms with Crippen molar-refractivity contribution < 1.29 is 4.42 Å². The molecule has 0 aliphatic carbocycles. The maximum Gasteiger partial charge on any atom is 0.191 e. The summed E-state index contributed by atoms with van der Waals surface area (Å²) in [6.07, 6.45) is 3.61. The largest absolute Gasteiger partial charge is 0.467 e. The highest BCUT2D eigenvalue weighted by molar-refractivity contribution is 14.0. The van der Waals surface area contributed by atoms with Gasteiger partial charge < -0.3 is 15.1 Å². The first-order chi connectivity index (χ1) is 10.8. The van der Waals surface area contributed by atoms with E-state index in [2.05, 4.69) is 21.7 Å². The summed E-state index contributed by atoms with van der Waals surface area (Å²) < 4.78 is 5.28. The van der Waals surface area contributed by atoms with Crippen molar-refractivity contribution >= 4 is 41.5 Å². The van der Waals surface area contributed by atoms with Crippen LogP contribution in [0.3, 0.4) is 0 Å². The molecular weight excluding hydrogens is 425 g/mol. The average molecular weight is 448 g/mol. The predicted octanol–water partition coefficient (Wildman–Crippen LogP) is 4.24. The van der Waals surface area contributed by atoms with Gasteiger partial charge in [0.05, 0.1) is 6.26 Å². The van der Waals surface area contributed by atoms with E-state index in [-0.39, 0.29) is 24.0 Å². The van der Waals surface area contributed by atoms with Crippen molar-refractivity contribution in [3.8, 4) is 0 Å². The Hall–Kier alpha value is -1.21. The Morgan fingerprint density at radius 2 is 2.00 bits per heavy atom. The second kappa shape index (κ2) is 11.3. The zero-order valence-corrected chi connectivity index (χ0v) is 16.3. The number of rotatable bonds is 7. The van der Waals surface area contributed by atoms with Crippen LogP contribution in [0.25, 0.3) is 0 Å². The molecule has 0 saturated heterocycles. The highest BCUT2D eigenvalue weighted by atomic mass is 127. The number of hydrogen-bond donors (Lipinski definition) is 2. The Kier molecular flexibility index (Phi) is 9.78. The summed E-state index contributed by atoms with van der Waals surface area (Å²) >= 11 is 6.16. The van der Waals surface area contributed by atoms with Crippen LogP contribution in [0.5, 0.6) is 0 Å². The van der Waals surface area contributed by atoms with Crippen LogP contribution in [0, 0.1) is 0 Å². The predicted molar refractivity (Wildman–Crippen MR) is 107 cm³/mol. The molecular formula is C17H23ClIN3O. The van der Waals surface area contributed by atoms with Crippen LogP contribution in [0.2, 0.25) is 5.02 Å². The fraction of sp³-hybridized carbons (Fsp3) is 0.353. The molecule has 0 saturated carbocycles. The zero-order chi connectivity index (χ0) is 15.6. The van der Waals surface area contributed by atoms with E-state index in [0.29, 0.717) is 6.54 Å². The summed E-state index contributed by atoms with van der Waals surface area (Å²) in [5.74, 6) is 1.66. The molecule has 1 aromatic carbocycles. The van der Waals surface area contributed by atoms with Gasteiger partial charge in [0.1, 0.15) is 12.3 Å². The maximum atomic E-state index is 6.16. The van der Waals surface area contributed by atoms with Gasteiger partial charge in [-0.2, -0.15) is 0 Å². The van der Waals surface area contributed by atoms with Gasteiger partial charge in [0.2, 0.25) is 0 Å². The van der Waals surface area contributed by atoms with Crippen LogP contribution in [0.15, 0.2) is 52.1 Å². The molecule has 0 unspecified atom stereocenters. The number of benzene rings is 1. The lowest BCUT2D eigenvalue weighted by Gasteiger charge is -2.11. The number of halogens is 2. The quantitative estimate of drug-likeness (QED) is 0.289. The number of nitrogens with one attached hydrogen (secondary N) is 2. The van der Waals surface area contributed by atoms with Crippen molar-refractivity contribution in [3.63, 3.8) is 0 Å².